The molecule has 0 saturated heterocycles. The second-order valence-electron chi connectivity index (χ2n) is 5.13. The zero-order chi connectivity index (χ0) is 12.9. The molecule has 0 bridgehead atoms. The fraction of sp³-hybridized carbons (Fsp3) is 0.267. The Bertz CT molecular complexity index is 674. The molecule has 0 fully saturated rings. The standard InChI is InChI=1S/C15H14O3/c1-9(16)12-7-11-6-10-4-5-15(2,3)18-14(10)8-13(11)17-12/h4-8H,1-3H3. The molecule has 0 spiro atoms. The third-order valence-corrected chi connectivity index (χ3v) is 3.03. The van der Waals surface area contributed by atoms with Crippen LogP contribution < -0.4 is 4.74 Å². The summed E-state index contributed by atoms with van der Waals surface area (Å²) in [5.41, 5.74) is 1.39. The van der Waals surface area contributed by atoms with Gasteiger partial charge in [-0.3, -0.25) is 4.79 Å². The Kier molecular flexibility index (Phi) is 2.14. The number of Topliss-reactive ketones (excluding diaryl/α,β-unsaturated/α-hetero) is 1. The SMILES string of the molecule is CC(=O)c1cc2cc3c(cc2o1)OC(C)(C)C=C3. The maximum Gasteiger partial charge on any atom is 0.194 e. The molecule has 3 nitrogen and oxygen atoms in total. The van der Waals surface area contributed by atoms with Gasteiger partial charge >= 0.3 is 0 Å². The smallest absolute Gasteiger partial charge is 0.194 e. The number of furan rings is 1. The quantitative estimate of drug-likeness (QED) is 0.713. The Morgan fingerprint density at radius 3 is 2.72 bits per heavy atom. The van der Waals surface area contributed by atoms with E-state index in [-0.39, 0.29) is 11.4 Å². The number of benzene rings is 1. The Morgan fingerprint density at radius 2 is 2.00 bits per heavy atom. The number of carbonyl (C=O) groups is 1. The molecule has 0 aliphatic carbocycles. The number of ether oxygens (including phenoxy) is 1. The van der Waals surface area contributed by atoms with Crippen LogP contribution in [0.15, 0.2) is 28.7 Å². The first-order valence-electron chi connectivity index (χ1n) is 5.91. The lowest BCUT2D eigenvalue weighted by atomic mass is 10.0. The van der Waals surface area contributed by atoms with Gasteiger partial charge in [-0.05, 0) is 32.1 Å². The molecule has 0 unspecified atom stereocenters. The Labute approximate surface area is 105 Å². The molecule has 0 atom stereocenters. The number of rotatable bonds is 1. The molecule has 3 rings (SSSR count). The maximum absolute atomic E-state index is 11.3. The lowest BCUT2D eigenvalue weighted by Crippen LogP contribution is -2.27. The lowest BCUT2D eigenvalue weighted by molar-refractivity contribution is 0.0989. The van der Waals surface area contributed by atoms with Crippen molar-refractivity contribution in [2.75, 3.05) is 0 Å². The fourth-order valence-electron chi connectivity index (χ4n) is 2.09. The van der Waals surface area contributed by atoms with E-state index < -0.39 is 0 Å². The van der Waals surface area contributed by atoms with Gasteiger partial charge in [-0.1, -0.05) is 6.08 Å². The van der Waals surface area contributed by atoms with Gasteiger partial charge in [-0.15, -0.1) is 0 Å². The summed E-state index contributed by atoms with van der Waals surface area (Å²) in [7, 11) is 0. The van der Waals surface area contributed by atoms with Crippen molar-refractivity contribution >= 4 is 22.8 Å². The van der Waals surface area contributed by atoms with E-state index in [1.54, 1.807) is 6.07 Å². The zero-order valence-electron chi connectivity index (χ0n) is 10.6. The monoisotopic (exact) mass is 242 g/mol. The summed E-state index contributed by atoms with van der Waals surface area (Å²) in [6.07, 6.45) is 4.06. The van der Waals surface area contributed by atoms with Crippen LogP contribution >= 0.6 is 0 Å². The summed E-state index contributed by atoms with van der Waals surface area (Å²) in [6, 6.07) is 5.60. The molecule has 1 aliphatic heterocycles. The molecule has 0 saturated carbocycles. The van der Waals surface area contributed by atoms with Gasteiger partial charge in [-0.25, -0.2) is 0 Å². The van der Waals surface area contributed by atoms with Gasteiger partial charge in [0.05, 0.1) is 0 Å². The van der Waals surface area contributed by atoms with E-state index in [4.69, 9.17) is 9.15 Å². The van der Waals surface area contributed by atoms with Gasteiger partial charge in [0, 0.05) is 23.9 Å². The van der Waals surface area contributed by atoms with Crippen LogP contribution in [-0.2, 0) is 0 Å². The van der Waals surface area contributed by atoms with Crippen molar-refractivity contribution in [2.24, 2.45) is 0 Å². The van der Waals surface area contributed by atoms with E-state index in [1.807, 2.05) is 38.1 Å². The minimum Gasteiger partial charge on any atom is -0.483 e. The van der Waals surface area contributed by atoms with Gasteiger partial charge in [-0.2, -0.15) is 0 Å². The number of ketones is 1. The van der Waals surface area contributed by atoms with E-state index in [1.165, 1.54) is 6.92 Å². The predicted octanol–water partition coefficient (Wildman–Crippen LogP) is 3.82. The second kappa shape index (κ2) is 3.48. The van der Waals surface area contributed by atoms with Crippen molar-refractivity contribution in [1.29, 1.82) is 0 Å². The first kappa shape index (κ1) is 11.1. The van der Waals surface area contributed by atoms with Crippen LogP contribution in [0.5, 0.6) is 5.75 Å². The van der Waals surface area contributed by atoms with Gasteiger partial charge in [0.25, 0.3) is 0 Å². The van der Waals surface area contributed by atoms with E-state index in [0.717, 1.165) is 16.7 Å². The number of hydrogen-bond donors (Lipinski definition) is 0. The highest BCUT2D eigenvalue weighted by molar-refractivity contribution is 5.96. The molecule has 2 aromatic rings. The van der Waals surface area contributed by atoms with Crippen molar-refractivity contribution in [2.45, 2.75) is 26.4 Å². The summed E-state index contributed by atoms with van der Waals surface area (Å²) >= 11 is 0. The third-order valence-electron chi connectivity index (χ3n) is 3.03. The molecule has 0 N–H and O–H groups in total. The highest BCUT2D eigenvalue weighted by Crippen LogP contribution is 2.35. The van der Waals surface area contributed by atoms with Crippen LogP contribution in [0.3, 0.4) is 0 Å². The average molecular weight is 242 g/mol. The summed E-state index contributed by atoms with van der Waals surface area (Å²) in [5, 5.41) is 0.923. The topological polar surface area (TPSA) is 39.4 Å². The predicted molar refractivity (Wildman–Crippen MR) is 70.0 cm³/mol. The van der Waals surface area contributed by atoms with Crippen molar-refractivity contribution < 1.29 is 13.9 Å². The average Bonchev–Trinajstić information content (AvgIpc) is 2.67. The highest BCUT2D eigenvalue weighted by Gasteiger charge is 2.22. The first-order chi connectivity index (χ1) is 8.44. The van der Waals surface area contributed by atoms with E-state index in [2.05, 4.69) is 0 Å². The molecular formula is C15H14O3. The molecule has 18 heavy (non-hydrogen) atoms. The van der Waals surface area contributed by atoms with Crippen LogP contribution in [0.2, 0.25) is 0 Å². The normalized spacial score (nSPS) is 16.4. The Morgan fingerprint density at radius 1 is 1.22 bits per heavy atom. The van der Waals surface area contributed by atoms with Gasteiger partial charge in [0.15, 0.2) is 11.5 Å². The Balaban J connectivity index is 2.18. The summed E-state index contributed by atoms with van der Waals surface area (Å²) in [5.74, 6) is 1.11. The molecule has 1 aromatic heterocycles. The number of hydrogen-bond acceptors (Lipinski definition) is 3. The number of carbonyl (C=O) groups excluding carboxylic acids is 1. The van der Waals surface area contributed by atoms with Crippen LogP contribution in [-0.4, -0.2) is 11.4 Å². The maximum atomic E-state index is 11.3. The zero-order valence-corrected chi connectivity index (χ0v) is 10.6. The highest BCUT2D eigenvalue weighted by atomic mass is 16.5. The first-order valence-corrected chi connectivity index (χ1v) is 5.91. The molecule has 1 aliphatic rings. The molecule has 0 amide bonds. The van der Waals surface area contributed by atoms with Gasteiger partial charge in [0.2, 0.25) is 0 Å². The van der Waals surface area contributed by atoms with Crippen molar-refractivity contribution in [3.63, 3.8) is 0 Å². The third kappa shape index (κ3) is 1.72. The molecule has 0 radical (unpaired) electrons. The molecule has 1 aromatic carbocycles. The minimum atomic E-state index is -0.309. The number of fused-ring (bicyclic) bond motifs is 2. The summed E-state index contributed by atoms with van der Waals surface area (Å²) in [6.45, 7) is 5.50. The van der Waals surface area contributed by atoms with E-state index in [9.17, 15) is 4.79 Å². The van der Waals surface area contributed by atoms with Gasteiger partial charge in [0.1, 0.15) is 16.9 Å². The Hall–Kier alpha value is -2.03. The van der Waals surface area contributed by atoms with Crippen LogP contribution in [0, 0.1) is 0 Å². The largest absolute Gasteiger partial charge is 0.483 e. The molecular weight excluding hydrogens is 228 g/mol. The fourth-order valence-corrected chi connectivity index (χ4v) is 2.09. The van der Waals surface area contributed by atoms with Crippen molar-refractivity contribution in [1.82, 2.24) is 0 Å². The molecule has 3 heteroatoms. The second-order valence-corrected chi connectivity index (χ2v) is 5.13. The van der Waals surface area contributed by atoms with Crippen molar-refractivity contribution in [3.8, 4) is 5.75 Å². The molecule has 2 heterocycles. The van der Waals surface area contributed by atoms with E-state index >= 15 is 0 Å². The van der Waals surface area contributed by atoms with Crippen LogP contribution in [0.25, 0.3) is 17.0 Å². The van der Waals surface area contributed by atoms with E-state index in [0.29, 0.717) is 11.3 Å². The molecule has 92 valence electrons. The summed E-state index contributed by atoms with van der Waals surface area (Å²) < 4.78 is 11.4. The van der Waals surface area contributed by atoms with Crippen LogP contribution in [0.1, 0.15) is 36.9 Å². The lowest BCUT2D eigenvalue weighted by Gasteiger charge is -2.27. The van der Waals surface area contributed by atoms with Crippen LogP contribution in [0.4, 0.5) is 0 Å². The van der Waals surface area contributed by atoms with Gasteiger partial charge < -0.3 is 9.15 Å². The summed E-state index contributed by atoms with van der Waals surface area (Å²) in [4.78, 5) is 11.3. The minimum absolute atomic E-state index is 0.0686. The van der Waals surface area contributed by atoms with Crippen molar-refractivity contribution in [3.05, 3.63) is 35.6 Å².